The SMILES string of the molecule is C=C(C=O)NOS(=O)(=O)C=C(C)C.[H-].[Na+]. The molecule has 0 aliphatic carbocycles. The quantitative estimate of drug-likeness (QED) is 0.246. The molecule has 0 unspecified atom stereocenters. The van der Waals surface area contributed by atoms with Gasteiger partial charge in [0.05, 0.1) is 11.1 Å². The number of nitrogens with one attached hydrogen (secondary N) is 1. The summed E-state index contributed by atoms with van der Waals surface area (Å²) in [7, 11) is -3.78. The van der Waals surface area contributed by atoms with Gasteiger partial charge in [-0.15, -0.1) is 4.28 Å². The molecule has 0 fully saturated rings. The summed E-state index contributed by atoms with van der Waals surface area (Å²) in [5.41, 5.74) is 2.29. The van der Waals surface area contributed by atoms with Crippen LogP contribution >= 0.6 is 0 Å². The molecule has 0 spiro atoms. The second-order valence-corrected chi connectivity index (χ2v) is 3.90. The number of carbonyl (C=O) groups excluding carboxylic acids is 1. The molecule has 76 valence electrons. The second kappa shape index (κ2) is 7.19. The number of aldehydes is 1. The van der Waals surface area contributed by atoms with Gasteiger partial charge in [0, 0.05) is 0 Å². The second-order valence-electron chi connectivity index (χ2n) is 2.52. The predicted octanol–water partition coefficient (Wildman–Crippen LogP) is -2.41. The number of hydrogen-bond acceptors (Lipinski definition) is 5. The van der Waals surface area contributed by atoms with Crippen molar-refractivity contribution in [2.45, 2.75) is 13.8 Å². The minimum Gasteiger partial charge on any atom is -1.00 e. The molecule has 0 aromatic heterocycles. The molecule has 0 saturated heterocycles. The van der Waals surface area contributed by atoms with E-state index in [1.54, 1.807) is 13.8 Å². The molecule has 5 nitrogen and oxygen atoms in total. The largest absolute Gasteiger partial charge is 1.00 e. The van der Waals surface area contributed by atoms with E-state index < -0.39 is 10.1 Å². The fraction of sp³-hybridized carbons (Fsp3) is 0.286. The van der Waals surface area contributed by atoms with Crippen LogP contribution in [0.3, 0.4) is 0 Å². The first-order valence-corrected chi connectivity index (χ1v) is 4.83. The molecule has 7 heteroatoms. The van der Waals surface area contributed by atoms with Crippen LogP contribution in [-0.4, -0.2) is 14.7 Å². The van der Waals surface area contributed by atoms with Gasteiger partial charge in [-0.2, -0.15) is 8.42 Å². The Morgan fingerprint density at radius 2 is 2.00 bits per heavy atom. The van der Waals surface area contributed by atoms with E-state index in [1.165, 1.54) is 0 Å². The third-order valence-electron chi connectivity index (χ3n) is 0.811. The number of allylic oxidation sites excluding steroid dienone is 2. The summed E-state index contributed by atoms with van der Waals surface area (Å²) in [6.45, 7) is 6.38. The monoisotopic (exact) mass is 229 g/mol. The van der Waals surface area contributed by atoms with E-state index in [0.29, 0.717) is 11.9 Å². The van der Waals surface area contributed by atoms with Crippen LogP contribution < -0.4 is 35.0 Å². The Morgan fingerprint density at radius 3 is 2.36 bits per heavy atom. The Bertz CT molecular complexity index is 335. The zero-order valence-corrected chi connectivity index (χ0v) is 11.2. The molecule has 1 N–H and O–H groups in total. The van der Waals surface area contributed by atoms with E-state index >= 15 is 0 Å². The molecule has 0 bridgehead atoms. The summed E-state index contributed by atoms with van der Waals surface area (Å²) in [6.07, 6.45) is 0.345. The van der Waals surface area contributed by atoms with Crippen molar-refractivity contribution in [1.29, 1.82) is 0 Å². The average molecular weight is 229 g/mol. The average Bonchev–Trinajstić information content (AvgIpc) is 1.98. The Morgan fingerprint density at radius 1 is 1.50 bits per heavy atom. The Hall–Kier alpha value is -0.140. The Kier molecular flexibility index (Phi) is 8.37. The first-order valence-electron chi connectivity index (χ1n) is 3.36. The van der Waals surface area contributed by atoms with Gasteiger partial charge in [-0.05, 0) is 13.8 Å². The fourth-order valence-electron chi connectivity index (χ4n) is 0.448. The number of hydrogen-bond donors (Lipinski definition) is 1. The van der Waals surface area contributed by atoms with Crippen molar-refractivity contribution in [3.05, 3.63) is 23.3 Å². The predicted molar refractivity (Wildman–Crippen MR) is 48.9 cm³/mol. The summed E-state index contributed by atoms with van der Waals surface area (Å²) in [4.78, 5) is 9.99. The van der Waals surface area contributed by atoms with Crippen molar-refractivity contribution in [2.24, 2.45) is 0 Å². The van der Waals surface area contributed by atoms with Gasteiger partial charge in [0.25, 0.3) is 0 Å². The first kappa shape index (κ1) is 16.3. The molecule has 0 amide bonds. The Balaban J connectivity index is -0.000000720. The van der Waals surface area contributed by atoms with Crippen LogP contribution in [-0.2, 0) is 19.2 Å². The van der Waals surface area contributed by atoms with Gasteiger partial charge in [-0.3, -0.25) is 4.79 Å². The molecule has 0 rings (SSSR count). The zero-order chi connectivity index (χ0) is 10.5. The number of hydroxylamine groups is 1. The van der Waals surface area contributed by atoms with E-state index in [2.05, 4.69) is 10.9 Å². The summed E-state index contributed by atoms with van der Waals surface area (Å²) in [6, 6.07) is 0. The number of carbonyl (C=O) groups is 1. The van der Waals surface area contributed by atoms with Crippen LogP contribution in [0.2, 0.25) is 0 Å². The van der Waals surface area contributed by atoms with Crippen molar-refractivity contribution in [3.8, 4) is 0 Å². The smallest absolute Gasteiger partial charge is 1.00 e. The van der Waals surface area contributed by atoms with Gasteiger partial charge >= 0.3 is 39.7 Å². The summed E-state index contributed by atoms with van der Waals surface area (Å²) < 4.78 is 26.1. The fourth-order valence-corrected chi connectivity index (χ4v) is 1.30. The standard InChI is InChI=1S/C7H11NO4S.Na.H/c1-6(2)5-13(10,11)12-8-7(3)4-9;;/h4-5,8H,3H2,1-2H3;;/q;+1;-1. The molecule has 0 aliphatic rings. The molecule has 0 heterocycles. The Labute approximate surface area is 107 Å². The van der Waals surface area contributed by atoms with Gasteiger partial charge in [-0.25, -0.2) is 5.48 Å². The molecule has 0 aromatic carbocycles. The van der Waals surface area contributed by atoms with E-state index in [0.717, 1.165) is 5.41 Å². The normalized spacial score (nSPS) is 9.57. The van der Waals surface area contributed by atoms with Crippen molar-refractivity contribution in [3.63, 3.8) is 0 Å². The maximum atomic E-state index is 10.9. The summed E-state index contributed by atoms with van der Waals surface area (Å²) in [5, 5.41) is 0.929. The van der Waals surface area contributed by atoms with Gasteiger partial charge in [0.1, 0.15) is 0 Å². The van der Waals surface area contributed by atoms with Crippen LogP contribution in [0.1, 0.15) is 15.3 Å². The van der Waals surface area contributed by atoms with Crippen LogP contribution in [0.4, 0.5) is 0 Å². The van der Waals surface area contributed by atoms with E-state index in [9.17, 15) is 13.2 Å². The van der Waals surface area contributed by atoms with Gasteiger partial charge in [0.15, 0.2) is 6.29 Å². The molecule has 0 atom stereocenters. The molecular weight excluding hydrogens is 217 g/mol. The van der Waals surface area contributed by atoms with Gasteiger partial charge in [-0.1, -0.05) is 12.2 Å². The van der Waals surface area contributed by atoms with E-state index in [1.807, 2.05) is 5.48 Å². The number of rotatable bonds is 5. The van der Waals surface area contributed by atoms with Crippen molar-refractivity contribution < 1.29 is 48.5 Å². The van der Waals surface area contributed by atoms with Crippen molar-refractivity contribution in [2.75, 3.05) is 0 Å². The zero-order valence-electron chi connectivity index (χ0n) is 9.40. The summed E-state index contributed by atoms with van der Waals surface area (Å²) in [5.74, 6) is 0. The maximum Gasteiger partial charge on any atom is 1.00 e. The third-order valence-corrected chi connectivity index (χ3v) is 1.89. The minimum atomic E-state index is -3.78. The summed E-state index contributed by atoms with van der Waals surface area (Å²) >= 11 is 0. The van der Waals surface area contributed by atoms with E-state index in [4.69, 9.17) is 0 Å². The molecule has 0 radical (unpaired) electrons. The van der Waals surface area contributed by atoms with Crippen LogP contribution in [0, 0.1) is 0 Å². The third kappa shape index (κ3) is 8.46. The van der Waals surface area contributed by atoms with Gasteiger partial charge < -0.3 is 1.43 Å². The van der Waals surface area contributed by atoms with Crippen molar-refractivity contribution in [1.82, 2.24) is 5.48 Å². The minimum absolute atomic E-state index is 0. The maximum absolute atomic E-state index is 10.9. The van der Waals surface area contributed by atoms with Crippen molar-refractivity contribution >= 4 is 16.4 Å². The van der Waals surface area contributed by atoms with Crippen LogP contribution in [0.25, 0.3) is 0 Å². The molecule has 0 aliphatic heterocycles. The molecule has 0 aromatic rings. The topological polar surface area (TPSA) is 72.5 Å². The first-order chi connectivity index (χ1) is 5.87. The van der Waals surface area contributed by atoms with E-state index in [-0.39, 0.29) is 36.7 Å². The van der Waals surface area contributed by atoms with Gasteiger partial charge in [0.2, 0.25) is 0 Å². The van der Waals surface area contributed by atoms with Crippen LogP contribution in [0.5, 0.6) is 0 Å². The molecule has 14 heavy (non-hydrogen) atoms. The molecular formula is C7H12NNaO4S. The molecule has 0 saturated carbocycles. The van der Waals surface area contributed by atoms with Crippen LogP contribution in [0.15, 0.2) is 23.3 Å².